The van der Waals surface area contributed by atoms with Crippen LogP contribution >= 0.6 is 0 Å². The number of aliphatic hydroxyl groups excluding tert-OH is 1. The quantitative estimate of drug-likeness (QED) is 0.163. The summed E-state index contributed by atoms with van der Waals surface area (Å²) >= 11 is 0. The van der Waals surface area contributed by atoms with E-state index in [0.717, 1.165) is 0 Å². The molecule has 2 aromatic rings. The Bertz CT molecular complexity index is 1410. The van der Waals surface area contributed by atoms with Crippen LogP contribution in [0, 0.1) is 40.9 Å². The predicted octanol–water partition coefficient (Wildman–Crippen LogP) is 1.96. The molecule has 15 heteroatoms. The summed E-state index contributed by atoms with van der Waals surface area (Å²) in [7, 11) is 0. The molecule has 3 rings (SSSR count). The summed E-state index contributed by atoms with van der Waals surface area (Å²) in [5.74, 6) is -17.4. The van der Waals surface area contributed by atoms with Crippen molar-refractivity contribution in [2.45, 2.75) is 70.8 Å². The average molecular weight is 629 g/mol. The van der Waals surface area contributed by atoms with Crippen LogP contribution in [0.1, 0.15) is 50.0 Å². The van der Waals surface area contributed by atoms with Gasteiger partial charge in [0.05, 0.1) is 29.7 Å². The highest BCUT2D eigenvalue weighted by Gasteiger charge is 2.40. The first-order chi connectivity index (χ1) is 20.6. The van der Waals surface area contributed by atoms with Crippen molar-refractivity contribution in [3.63, 3.8) is 0 Å². The van der Waals surface area contributed by atoms with Crippen LogP contribution in [0.2, 0.25) is 0 Å². The molecule has 1 heterocycles. The van der Waals surface area contributed by atoms with Gasteiger partial charge in [0.2, 0.25) is 23.5 Å². The zero-order valence-corrected chi connectivity index (χ0v) is 24.2. The number of carbonyl (C=O) groups excluding carboxylic acids is 4. The van der Waals surface area contributed by atoms with Gasteiger partial charge in [0, 0.05) is 12.0 Å². The average Bonchev–Trinajstić information content (AvgIpc) is 2.99. The standard InChI is InChI=1S/C29H33F5N4O6/c1-5-11(2)23-28(43)35-13(4)24(38-27(42)14-8-6-7-9-17(14)39)29(44)36-16(25(40)12(3)26(41)37-23)10-15-18(30)20(32)22(34)21(33)19(15)31/h6-9,11-13,16,23-25,39-40H,5,10H2,1-4H3,(H,35,43)(H,36,44)(H,37,41)(H,38,42). The fourth-order valence-corrected chi connectivity index (χ4v) is 4.77. The molecule has 6 N–H and O–H groups in total. The van der Waals surface area contributed by atoms with Crippen LogP contribution < -0.4 is 21.3 Å². The summed E-state index contributed by atoms with van der Waals surface area (Å²) in [5, 5.41) is 30.9. The molecule has 44 heavy (non-hydrogen) atoms. The lowest BCUT2D eigenvalue weighted by Crippen LogP contribution is -2.64. The maximum Gasteiger partial charge on any atom is 0.255 e. The minimum atomic E-state index is -2.41. The van der Waals surface area contributed by atoms with E-state index in [1.165, 1.54) is 38.1 Å². The van der Waals surface area contributed by atoms with E-state index in [1.54, 1.807) is 13.8 Å². The van der Waals surface area contributed by atoms with Crippen LogP contribution in [-0.4, -0.2) is 64.1 Å². The van der Waals surface area contributed by atoms with Crippen molar-refractivity contribution in [2.75, 3.05) is 0 Å². The van der Waals surface area contributed by atoms with Crippen LogP contribution in [0.4, 0.5) is 22.0 Å². The molecule has 1 aliphatic heterocycles. The SMILES string of the molecule is CCC(C)C1NC(=O)C(C)C(O)C(Cc2c(F)c(F)c(F)c(F)c2F)NC(=O)C(NC(=O)c2ccccc2O)C(C)NC1=O. The van der Waals surface area contributed by atoms with Gasteiger partial charge in [0.25, 0.3) is 5.91 Å². The number of phenols is 1. The minimum absolute atomic E-state index is 0.249. The molecule has 10 nitrogen and oxygen atoms in total. The van der Waals surface area contributed by atoms with Crippen LogP contribution in [-0.2, 0) is 20.8 Å². The second-order valence-electron chi connectivity index (χ2n) is 10.8. The molecule has 0 spiro atoms. The number of nitrogens with one attached hydrogen (secondary N) is 4. The normalized spacial score (nSPS) is 25.5. The number of para-hydroxylation sites is 1. The predicted molar refractivity (Wildman–Crippen MR) is 145 cm³/mol. The van der Waals surface area contributed by atoms with Gasteiger partial charge in [-0.15, -0.1) is 0 Å². The molecule has 0 bridgehead atoms. The Labute approximate surface area is 249 Å². The number of carbonyl (C=O) groups is 4. The maximum absolute atomic E-state index is 14.6. The topological polar surface area (TPSA) is 157 Å². The zero-order valence-electron chi connectivity index (χ0n) is 24.2. The molecule has 0 aromatic heterocycles. The minimum Gasteiger partial charge on any atom is -0.507 e. The van der Waals surface area contributed by atoms with E-state index >= 15 is 0 Å². The monoisotopic (exact) mass is 628 g/mol. The van der Waals surface area contributed by atoms with Crippen LogP contribution in [0.15, 0.2) is 24.3 Å². The van der Waals surface area contributed by atoms with Crippen molar-refractivity contribution in [2.24, 2.45) is 11.8 Å². The van der Waals surface area contributed by atoms with Crippen molar-refractivity contribution in [1.29, 1.82) is 0 Å². The highest BCUT2D eigenvalue weighted by Crippen LogP contribution is 2.26. The highest BCUT2D eigenvalue weighted by molar-refractivity contribution is 6.00. The lowest BCUT2D eigenvalue weighted by atomic mass is 9.89. The first kappa shape index (κ1) is 34.2. The van der Waals surface area contributed by atoms with Gasteiger partial charge in [-0.1, -0.05) is 39.3 Å². The van der Waals surface area contributed by atoms with Crippen LogP contribution in [0.25, 0.3) is 0 Å². The number of amides is 4. The van der Waals surface area contributed by atoms with Crippen LogP contribution in [0.3, 0.4) is 0 Å². The van der Waals surface area contributed by atoms with Crippen molar-refractivity contribution in [3.05, 3.63) is 64.5 Å². The number of aromatic hydroxyl groups is 1. The fourth-order valence-electron chi connectivity index (χ4n) is 4.77. The van der Waals surface area contributed by atoms with Gasteiger partial charge in [-0.2, -0.15) is 0 Å². The molecule has 7 unspecified atom stereocenters. The highest BCUT2D eigenvalue weighted by atomic mass is 19.2. The number of phenolic OH excluding ortho intramolecular Hbond substituents is 1. The summed E-state index contributed by atoms with van der Waals surface area (Å²) in [6.45, 7) is 5.89. The molecule has 0 radical (unpaired) electrons. The van der Waals surface area contributed by atoms with Gasteiger partial charge in [0.1, 0.15) is 17.8 Å². The molecule has 7 atom stereocenters. The Morgan fingerprint density at radius 1 is 0.886 bits per heavy atom. The van der Waals surface area contributed by atoms with Gasteiger partial charge in [-0.3, -0.25) is 19.2 Å². The maximum atomic E-state index is 14.6. The van der Waals surface area contributed by atoms with E-state index in [4.69, 9.17) is 0 Å². The first-order valence-electron chi connectivity index (χ1n) is 13.8. The second-order valence-corrected chi connectivity index (χ2v) is 10.8. The first-order valence-corrected chi connectivity index (χ1v) is 13.8. The molecule has 4 amide bonds. The van der Waals surface area contributed by atoms with E-state index in [9.17, 15) is 51.3 Å². The van der Waals surface area contributed by atoms with Gasteiger partial charge < -0.3 is 31.5 Å². The Hall–Kier alpha value is -4.27. The Balaban J connectivity index is 2.11. The van der Waals surface area contributed by atoms with Gasteiger partial charge in [-0.25, -0.2) is 22.0 Å². The zero-order chi connectivity index (χ0) is 33.0. The van der Waals surface area contributed by atoms with Crippen molar-refractivity contribution in [3.8, 4) is 5.75 Å². The largest absolute Gasteiger partial charge is 0.507 e. The van der Waals surface area contributed by atoms with Crippen molar-refractivity contribution < 1.29 is 51.3 Å². The summed E-state index contributed by atoms with van der Waals surface area (Å²) in [4.78, 5) is 53.0. The molecule has 0 aliphatic carbocycles. The van der Waals surface area contributed by atoms with E-state index in [0.29, 0.717) is 6.42 Å². The van der Waals surface area contributed by atoms with Crippen LogP contribution in [0.5, 0.6) is 5.75 Å². The molecule has 0 saturated carbocycles. The summed E-state index contributed by atoms with van der Waals surface area (Å²) in [6.07, 6.45) is -2.74. The molecular formula is C29H33F5N4O6. The molecule has 240 valence electrons. The van der Waals surface area contributed by atoms with E-state index in [-0.39, 0.29) is 5.56 Å². The third kappa shape index (κ3) is 7.09. The number of hydrogen-bond acceptors (Lipinski definition) is 6. The third-order valence-electron chi connectivity index (χ3n) is 7.77. The molecule has 1 fully saturated rings. The smallest absolute Gasteiger partial charge is 0.255 e. The van der Waals surface area contributed by atoms with Crippen molar-refractivity contribution in [1.82, 2.24) is 21.3 Å². The Kier molecular flexibility index (Phi) is 10.9. The molecule has 1 aliphatic rings. The molecule has 2 aromatic carbocycles. The third-order valence-corrected chi connectivity index (χ3v) is 7.77. The van der Waals surface area contributed by atoms with Gasteiger partial charge >= 0.3 is 0 Å². The second kappa shape index (κ2) is 14.0. The van der Waals surface area contributed by atoms with Gasteiger partial charge in [-0.05, 0) is 25.0 Å². The summed E-state index contributed by atoms with van der Waals surface area (Å²) < 4.78 is 70.9. The number of rotatable bonds is 6. The van der Waals surface area contributed by atoms with Crippen molar-refractivity contribution >= 4 is 23.6 Å². The Morgan fingerprint density at radius 3 is 2.02 bits per heavy atom. The number of aliphatic hydroxyl groups is 1. The van der Waals surface area contributed by atoms with Gasteiger partial charge in [0.15, 0.2) is 23.3 Å². The molecular weight excluding hydrogens is 595 g/mol. The van der Waals surface area contributed by atoms with E-state index < -0.39 is 113 Å². The van der Waals surface area contributed by atoms with E-state index in [2.05, 4.69) is 21.3 Å². The number of hydrogen-bond donors (Lipinski definition) is 6. The lowest BCUT2D eigenvalue weighted by Gasteiger charge is -2.35. The number of halogens is 5. The summed E-state index contributed by atoms with van der Waals surface area (Å²) in [6, 6.07) is -0.609. The summed E-state index contributed by atoms with van der Waals surface area (Å²) in [5.41, 5.74) is -1.61. The van der Waals surface area contributed by atoms with E-state index in [1.807, 2.05) is 0 Å². The lowest BCUT2D eigenvalue weighted by molar-refractivity contribution is -0.137. The Morgan fingerprint density at radius 2 is 1.45 bits per heavy atom. The fraction of sp³-hybridized carbons (Fsp3) is 0.448. The number of benzene rings is 2. The molecule has 1 saturated heterocycles.